The van der Waals surface area contributed by atoms with Crippen LogP contribution in [0.1, 0.15) is 75.4 Å². The summed E-state index contributed by atoms with van der Waals surface area (Å²) < 4.78 is 5.32. The Morgan fingerprint density at radius 3 is 2.44 bits per heavy atom. The van der Waals surface area contributed by atoms with Crippen molar-refractivity contribution in [3.05, 3.63) is 15.6 Å². The third kappa shape index (κ3) is 11.0. The van der Waals surface area contributed by atoms with E-state index in [1.807, 2.05) is 34.6 Å². The number of guanidine groups is 1. The van der Waals surface area contributed by atoms with Crippen molar-refractivity contribution in [1.29, 1.82) is 0 Å². The lowest BCUT2D eigenvalue weighted by atomic mass is 10.1. The summed E-state index contributed by atoms with van der Waals surface area (Å²) in [6.45, 7) is 14.2. The number of aliphatic imine (C=N–C) groups is 1. The first-order valence-corrected chi connectivity index (χ1v) is 10.7. The van der Waals surface area contributed by atoms with Crippen molar-refractivity contribution >= 4 is 23.3 Å². The summed E-state index contributed by atoms with van der Waals surface area (Å²) in [6.07, 6.45) is 4.56. The Bertz CT molecular complexity index is 606. The van der Waals surface area contributed by atoms with Gasteiger partial charge in [-0.25, -0.2) is 9.98 Å². The minimum atomic E-state index is -0.389. The minimum Gasteiger partial charge on any atom is -0.460 e. The molecule has 1 rings (SSSR count). The van der Waals surface area contributed by atoms with Gasteiger partial charge in [-0.05, 0) is 54.4 Å². The van der Waals surface area contributed by atoms with Gasteiger partial charge in [0, 0.05) is 24.4 Å². The number of nitrogens with zero attached hydrogens (tertiary/aromatic N) is 2. The van der Waals surface area contributed by atoms with Gasteiger partial charge in [-0.1, -0.05) is 12.8 Å². The molecule has 0 amide bonds. The summed E-state index contributed by atoms with van der Waals surface area (Å²) in [5, 5.41) is 7.74. The third-order valence-electron chi connectivity index (χ3n) is 3.74. The number of hydrogen-bond donors (Lipinski definition) is 2. The van der Waals surface area contributed by atoms with Crippen molar-refractivity contribution in [3.63, 3.8) is 0 Å². The highest BCUT2D eigenvalue weighted by atomic mass is 32.1. The second-order valence-electron chi connectivity index (χ2n) is 7.61. The van der Waals surface area contributed by atoms with Crippen molar-refractivity contribution in [1.82, 2.24) is 15.6 Å². The third-order valence-corrected chi connectivity index (χ3v) is 4.80. The number of unbranched alkanes of at least 4 members (excludes halogenated alkanes) is 3. The fourth-order valence-corrected chi connectivity index (χ4v) is 3.42. The maximum absolute atomic E-state index is 11.7. The maximum atomic E-state index is 11.7. The smallest absolute Gasteiger partial charge is 0.306 e. The molecule has 1 heterocycles. The molecule has 0 saturated heterocycles. The van der Waals surface area contributed by atoms with Gasteiger partial charge in [0.2, 0.25) is 0 Å². The highest BCUT2D eigenvalue weighted by Crippen LogP contribution is 2.17. The molecule has 6 nitrogen and oxygen atoms in total. The van der Waals surface area contributed by atoms with Crippen molar-refractivity contribution < 1.29 is 9.53 Å². The highest BCUT2D eigenvalue weighted by molar-refractivity contribution is 7.11. The van der Waals surface area contributed by atoms with E-state index in [1.54, 1.807) is 11.3 Å². The lowest BCUT2D eigenvalue weighted by Gasteiger charge is -2.19. The highest BCUT2D eigenvalue weighted by Gasteiger charge is 2.15. The first-order chi connectivity index (χ1) is 12.7. The topological polar surface area (TPSA) is 75.6 Å². The number of aromatic nitrogens is 1. The summed E-state index contributed by atoms with van der Waals surface area (Å²) >= 11 is 1.71. The number of aryl methyl sites for hydroxylation is 2. The first kappa shape index (κ1) is 23.4. The Hall–Kier alpha value is -1.63. The van der Waals surface area contributed by atoms with Crippen LogP contribution >= 0.6 is 11.3 Å². The molecule has 0 bridgehead atoms. The fourth-order valence-electron chi connectivity index (χ4n) is 2.56. The van der Waals surface area contributed by atoms with Gasteiger partial charge in [0.15, 0.2) is 5.96 Å². The molecule has 0 unspecified atom stereocenters. The average molecular weight is 397 g/mol. The molecule has 0 atom stereocenters. The molecule has 1 aromatic heterocycles. The Balaban J connectivity index is 2.22. The molecule has 0 aliphatic carbocycles. The van der Waals surface area contributed by atoms with Crippen LogP contribution in [0.15, 0.2) is 4.99 Å². The molecule has 0 saturated carbocycles. The van der Waals surface area contributed by atoms with E-state index >= 15 is 0 Å². The van der Waals surface area contributed by atoms with E-state index < -0.39 is 0 Å². The molecule has 1 aromatic rings. The number of esters is 1. The van der Waals surface area contributed by atoms with Crippen LogP contribution in [0.25, 0.3) is 0 Å². The van der Waals surface area contributed by atoms with Gasteiger partial charge in [0.1, 0.15) is 5.60 Å². The normalized spacial score (nSPS) is 12.1. The lowest BCUT2D eigenvalue weighted by Crippen LogP contribution is -2.37. The van der Waals surface area contributed by atoms with Crippen LogP contribution in [0.3, 0.4) is 0 Å². The van der Waals surface area contributed by atoms with E-state index in [9.17, 15) is 4.79 Å². The SMILES string of the molecule is CCNC(=NCc1sc(C)nc1C)NCCCCCCC(=O)OC(C)(C)C. The Labute approximate surface area is 168 Å². The van der Waals surface area contributed by atoms with E-state index in [2.05, 4.69) is 27.5 Å². The van der Waals surface area contributed by atoms with Crippen molar-refractivity contribution in [2.75, 3.05) is 13.1 Å². The number of carbonyl (C=O) groups is 1. The molecular formula is C20H36N4O2S. The molecule has 0 aliphatic rings. The molecule has 0 aromatic carbocycles. The van der Waals surface area contributed by atoms with Gasteiger partial charge in [0.05, 0.1) is 17.2 Å². The van der Waals surface area contributed by atoms with Crippen LogP contribution in [0.2, 0.25) is 0 Å². The average Bonchev–Trinajstić information content (AvgIpc) is 2.87. The number of rotatable bonds is 10. The fraction of sp³-hybridized carbons (Fsp3) is 0.750. The van der Waals surface area contributed by atoms with Gasteiger partial charge in [-0.2, -0.15) is 0 Å². The molecule has 0 radical (unpaired) electrons. The Morgan fingerprint density at radius 2 is 1.85 bits per heavy atom. The first-order valence-electron chi connectivity index (χ1n) is 9.88. The van der Waals surface area contributed by atoms with E-state index in [-0.39, 0.29) is 11.6 Å². The van der Waals surface area contributed by atoms with Gasteiger partial charge >= 0.3 is 5.97 Å². The molecular weight excluding hydrogens is 360 g/mol. The summed E-state index contributed by atoms with van der Waals surface area (Å²) in [5.41, 5.74) is 0.682. The second kappa shape index (κ2) is 12.0. The number of ether oxygens (including phenoxy) is 1. The molecule has 0 aliphatic heterocycles. The summed E-state index contributed by atoms with van der Waals surface area (Å²) in [5.74, 6) is 0.743. The molecule has 154 valence electrons. The summed E-state index contributed by atoms with van der Waals surface area (Å²) in [6, 6.07) is 0. The number of hydrogen-bond acceptors (Lipinski definition) is 5. The summed E-state index contributed by atoms with van der Waals surface area (Å²) in [7, 11) is 0. The second-order valence-corrected chi connectivity index (χ2v) is 8.90. The number of nitrogens with one attached hydrogen (secondary N) is 2. The van der Waals surface area contributed by atoms with Crippen LogP contribution in [0.4, 0.5) is 0 Å². The van der Waals surface area contributed by atoms with Crippen molar-refractivity contribution in [3.8, 4) is 0 Å². The molecule has 0 spiro atoms. The monoisotopic (exact) mass is 396 g/mol. The quantitative estimate of drug-likeness (QED) is 0.269. The lowest BCUT2D eigenvalue weighted by molar-refractivity contribution is -0.154. The van der Waals surface area contributed by atoms with E-state index in [0.717, 1.165) is 55.4 Å². The van der Waals surface area contributed by atoms with E-state index in [1.165, 1.54) is 4.88 Å². The molecule has 0 fully saturated rings. The molecule has 7 heteroatoms. The minimum absolute atomic E-state index is 0.101. The summed E-state index contributed by atoms with van der Waals surface area (Å²) in [4.78, 5) is 22.0. The van der Waals surface area contributed by atoms with Crippen LogP contribution in [0.5, 0.6) is 0 Å². The predicted octanol–water partition coefficient (Wildman–Crippen LogP) is 4.11. The van der Waals surface area contributed by atoms with Gasteiger partial charge in [0.25, 0.3) is 0 Å². The van der Waals surface area contributed by atoms with Crippen LogP contribution < -0.4 is 10.6 Å². The van der Waals surface area contributed by atoms with Crippen LogP contribution in [-0.2, 0) is 16.1 Å². The van der Waals surface area contributed by atoms with Crippen LogP contribution in [-0.4, -0.2) is 35.6 Å². The van der Waals surface area contributed by atoms with E-state index in [0.29, 0.717) is 13.0 Å². The predicted molar refractivity (Wildman–Crippen MR) is 113 cm³/mol. The largest absolute Gasteiger partial charge is 0.460 e. The Kier molecular flexibility index (Phi) is 10.4. The number of thiazole rings is 1. The zero-order valence-electron chi connectivity index (χ0n) is 17.8. The van der Waals surface area contributed by atoms with Crippen molar-refractivity contribution in [2.45, 2.75) is 85.8 Å². The van der Waals surface area contributed by atoms with Gasteiger partial charge in [-0.3, -0.25) is 4.79 Å². The zero-order valence-corrected chi connectivity index (χ0v) is 18.6. The molecule has 2 N–H and O–H groups in total. The Morgan fingerprint density at radius 1 is 1.15 bits per heavy atom. The van der Waals surface area contributed by atoms with E-state index in [4.69, 9.17) is 4.74 Å². The zero-order chi connectivity index (χ0) is 20.3. The number of carbonyl (C=O) groups excluding carboxylic acids is 1. The van der Waals surface area contributed by atoms with Crippen molar-refractivity contribution in [2.24, 2.45) is 4.99 Å². The standard InChI is InChI=1S/C20H36N4O2S/c1-7-21-19(23-14-17-15(2)24-16(3)27-17)22-13-11-9-8-10-12-18(25)26-20(4,5)6/h7-14H2,1-6H3,(H2,21,22,23). The molecule has 27 heavy (non-hydrogen) atoms. The van der Waals surface area contributed by atoms with Gasteiger partial charge < -0.3 is 15.4 Å². The van der Waals surface area contributed by atoms with Crippen LogP contribution in [0, 0.1) is 13.8 Å². The van der Waals surface area contributed by atoms with Gasteiger partial charge in [-0.15, -0.1) is 11.3 Å². The maximum Gasteiger partial charge on any atom is 0.306 e.